The summed E-state index contributed by atoms with van der Waals surface area (Å²) in [6, 6.07) is 9.05. The van der Waals surface area contributed by atoms with Crippen molar-refractivity contribution >= 4 is 21.6 Å². The molecule has 1 aromatic rings. The first-order valence-electron chi connectivity index (χ1n) is 7.28. The van der Waals surface area contributed by atoms with Gasteiger partial charge in [0.15, 0.2) is 0 Å². The Morgan fingerprint density at radius 2 is 2.15 bits per heavy atom. The van der Waals surface area contributed by atoms with E-state index in [9.17, 15) is 0 Å². The number of anilines is 1. The molecule has 0 saturated carbocycles. The van der Waals surface area contributed by atoms with Crippen LogP contribution in [0.1, 0.15) is 45.2 Å². The van der Waals surface area contributed by atoms with Gasteiger partial charge in [-0.05, 0) is 60.4 Å². The number of rotatable bonds is 8. The summed E-state index contributed by atoms with van der Waals surface area (Å²) in [4.78, 5) is 2.22. The van der Waals surface area contributed by atoms with Gasteiger partial charge in [-0.3, -0.25) is 0 Å². The Balaban J connectivity index is 2.83. The number of nitriles is 1. The third-order valence-corrected chi connectivity index (χ3v) is 4.02. The second-order valence-corrected chi connectivity index (χ2v) is 5.73. The molecule has 110 valence electrons. The molecular weight excluding hydrogens is 314 g/mol. The van der Waals surface area contributed by atoms with Crippen LogP contribution in [0.2, 0.25) is 0 Å². The zero-order valence-electron chi connectivity index (χ0n) is 12.6. The number of nitrogens with zero attached hydrogens (tertiary/aromatic N) is 2. The molecule has 0 radical (unpaired) electrons. The first kappa shape index (κ1) is 17.0. The number of hydrogen-bond donors (Lipinski definition) is 1. The van der Waals surface area contributed by atoms with Crippen LogP contribution >= 0.6 is 15.9 Å². The van der Waals surface area contributed by atoms with E-state index < -0.39 is 0 Å². The molecule has 0 heterocycles. The van der Waals surface area contributed by atoms with Crippen molar-refractivity contribution in [1.29, 1.82) is 5.26 Å². The van der Waals surface area contributed by atoms with E-state index in [4.69, 9.17) is 5.26 Å². The summed E-state index contributed by atoms with van der Waals surface area (Å²) in [5.74, 6) is 0. The summed E-state index contributed by atoms with van der Waals surface area (Å²) in [6.07, 6.45) is 1.69. The topological polar surface area (TPSA) is 39.1 Å². The smallest absolute Gasteiger partial charge is 0.0640 e. The second-order valence-electron chi connectivity index (χ2n) is 4.87. The lowest BCUT2D eigenvalue weighted by Gasteiger charge is -2.24. The van der Waals surface area contributed by atoms with Crippen LogP contribution in [0.25, 0.3) is 0 Å². The lowest BCUT2D eigenvalue weighted by molar-refractivity contribution is 0.570. The van der Waals surface area contributed by atoms with E-state index >= 15 is 0 Å². The van der Waals surface area contributed by atoms with E-state index in [1.165, 1.54) is 5.56 Å². The molecule has 20 heavy (non-hydrogen) atoms. The fourth-order valence-electron chi connectivity index (χ4n) is 2.16. The average molecular weight is 338 g/mol. The van der Waals surface area contributed by atoms with Crippen LogP contribution in [0.5, 0.6) is 0 Å². The van der Waals surface area contributed by atoms with Gasteiger partial charge in [0.25, 0.3) is 0 Å². The van der Waals surface area contributed by atoms with Gasteiger partial charge in [-0.15, -0.1) is 0 Å². The zero-order valence-corrected chi connectivity index (χ0v) is 14.2. The molecule has 1 atom stereocenters. The van der Waals surface area contributed by atoms with Gasteiger partial charge in [0, 0.05) is 23.6 Å². The fourth-order valence-corrected chi connectivity index (χ4v) is 2.81. The summed E-state index contributed by atoms with van der Waals surface area (Å²) < 4.78 is 1.10. The Labute approximate surface area is 131 Å². The Kier molecular flexibility index (Phi) is 7.64. The third kappa shape index (κ3) is 4.81. The quantitative estimate of drug-likeness (QED) is 0.770. The van der Waals surface area contributed by atoms with E-state index in [1.54, 1.807) is 0 Å². The Morgan fingerprint density at radius 1 is 1.40 bits per heavy atom. The molecule has 0 aliphatic heterocycles. The van der Waals surface area contributed by atoms with Gasteiger partial charge < -0.3 is 10.2 Å². The molecule has 1 unspecified atom stereocenters. The molecule has 0 amide bonds. The average Bonchev–Trinajstić information content (AvgIpc) is 2.46. The van der Waals surface area contributed by atoms with Crippen LogP contribution in [0, 0.1) is 11.3 Å². The van der Waals surface area contributed by atoms with Crippen molar-refractivity contribution < 1.29 is 0 Å². The summed E-state index contributed by atoms with van der Waals surface area (Å²) in [5.41, 5.74) is 2.44. The first-order valence-corrected chi connectivity index (χ1v) is 8.08. The normalized spacial score (nSPS) is 11.9. The molecule has 1 aromatic carbocycles. The predicted octanol–water partition coefficient (Wildman–Crippen LogP) is 4.25. The molecule has 1 rings (SSSR count). The molecule has 0 spiro atoms. The van der Waals surface area contributed by atoms with Crippen molar-refractivity contribution in [1.82, 2.24) is 5.32 Å². The van der Waals surface area contributed by atoms with Gasteiger partial charge in [-0.2, -0.15) is 5.26 Å². The standard InChI is InChI=1S/C16H24BrN3/c1-4-10-19-13(3)14-7-8-16(15(17)12-14)20(5-2)11-6-9-18/h7-8,12-13,19H,4-6,10-11H2,1-3H3. The number of halogens is 1. The van der Waals surface area contributed by atoms with Crippen molar-refractivity contribution in [2.75, 3.05) is 24.5 Å². The van der Waals surface area contributed by atoms with E-state index in [0.717, 1.165) is 36.2 Å². The van der Waals surface area contributed by atoms with Crippen molar-refractivity contribution in [3.8, 4) is 6.07 Å². The number of nitrogens with one attached hydrogen (secondary N) is 1. The van der Waals surface area contributed by atoms with Crippen molar-refractivity contribution in [2.24, 2.45) is 0 Å². The van der Waals surface area contributed by atoms with Gasteiger partial charge in [-0.1, -0.05) is 13.0 Å². The first-order chi connectivity index (χ1) is 9.63. The van der Waals surface area contributed by atoms with E-state index in [2.05, 4.69) is 71.2 Å². The fraction of sp³-hybridized carbons (Fsp3) is 0.562. The molecular formula is C16H24BrN3. The van der Waals surface area contributed by atoms with Crippen molar-refractivity contribution in [3.63, 3.8) is 0 Å². The lowest BCUT2D eigenvalue weighted by Crippen LogP contribution is -2.24. The van der Waals surface area contributed by atoms with Crippen LogP contribution < -0.4 is 10.2 Å². The van der Waals surface area contributed by atoms with E-state index in [0.29, 0.717) is 12.5 Å². The van der Waals surface area contributed by atoms with E-state index in [-0.39, 0.29) is 0 Å². The minimum atomic E-state index is 0.356. The highest BCUT2D eigenvalue weighted by molar-refractivity contribution is 9.10. The molecule has 3 nitrogen and oxygen atoms in total. The largest absolute Gasteiger partial charge is 0.370 e. The van der Waals surface area contributed by atoms with Crippen LogP contribution in [0.15, 0.2) is 22.7 Å². The maximum Gasteiger partial charge on any atom is 0.0640 e. The summed E-state index contributed by atoms with van der Waals surface area (Å²) in [7, 11) is 0. The molecule has 0 fully saturated rings. The van der Waals surface area contributed by atoms with Gasteiger partial charge >= 0.3 is 0 Å². The number of benzene rings is 1. The van der Waals surface area contributed by atoms with Crippen molar-refractivity contribution in [2.45, 2.75) is 39.7 Å². The minimum absolute atomic E-state index is 0.356. The molecule has 0 aliphatic carbocycles. The maximum absolute atomic E-state index is 8.73. The predicted molar refractivity (Wildman–Crippen MR) is 89.0 cm³/mol. The summed E-state index contributed by atoms with van der Waals surface area (Å²) in [5, 5.41) is 12.2. The van der Waals surface area contributed by atoms with Crippen LogP contribution in [0.4, 0.5) is 5.69 Å². The third-order valence-electron chi connectivity index (χ3n) is 3.39. The van der Waals surface area contributed by atoms with Gasteiger partial charge in [-0.25, -0.2) is 0 Å². The van der Waals surface area contributed by atoms with Crippen LogP contribution in [-0.2, 0) is 0 Å². The highest BCUT2D eigenvalue weighted by Crippen LogP contribution is 2.29. The molecule has 0 bridgehead atoms. The monoisotopic (exact) mass is 337 g/mol. The number of hydrogen-bond acceptors (Lipinski definition) is 3. The molecule has 4 heteroatoms. The molecule has 0 aromatic heterocycles. The van der Waals surface area contributed by atoms with Gasteiger partial charge in [0.05, 0.1) is 18.2 Å². The molecule has 0 saturated heterocycles. The van der Waals surface area contributed by atoms with Crippen LogP contribution in [0.3, 0.4) is 0 Å². The highest BCUT2D eigenvalue weighted by Gasteiger charge is 2.11. The minimum Gasteiger partial charge on any atom is -0.370 e. The summed E-state index contributed by atoms with van der Waals surface area (Å²) in [6.45, 7) is 9.18. The van der Waals surface area contributed by atoms with Gasteiger partial charge in [0.1, 0.15) is 0 Å². The molecule has 0 aliphatic rings. The van der Waals surface area contributed by atoms with E-state index in [1.807, 2.05) is 0 Å². The maximum atomic E-state index is 8.73. The highest BCUT2D eigenvalue weighted by atomic mass is 79.9. The summed E-state index contributed by atoms with van der Waals surface area (Å²) >= 11 is 3.66. The van der Waals surface area contributed by atoms with Crippen molar-refractivity contribution in [3.05, 3.63) is 28.2 Å². The molecule has 1 N–H and O–H groups in total. The Morgan fingerprint density at radius 3 is 2.70 bits per heavy atom. The Bertz CT molecular complexity index is 454. The Hall–Kier alpha value is -1.05. The SMILES string of the molecule is CCCNC(C)c1ccc(N(CC)CCC#N)c(Br)c1. The zero-order chi connectivity index (χ0) is 15.0. The van der Waals surface area contributed by atoms with Crippen LogP contribution in [-0.4, -0.2) is 19.6 Å². The van der Waals surface area contributed by atoms with Gasteiger partial charge in [0.2, 0.25) is 0 Å². The second kappa shape index (κ2) is 8.99. The lowest BCUT2D eigenvalue weighted by atomic mass is 10.1.